The number of rotatable bonds is 4. The van der Waals surface area contributed by atoms with E-state index in [1.54, 1.807) is 0 Å². The van der Waals surface area contributed by atoms with Crippen LogP contribution in [-0.4, -0.2) is 17.1 Å². The first kappa shape index (κ1) is 10.2. The zero-order chi connectivity index (χ0) is 10.7. The molecule has 0 aliphatic heterocycles. The van der Waals surface area contributed by atoms with Gasteiger partial charge in [-0.3, -0.25) is 4.79 Å². The third kappa shape index (κ3) is 2.80. The van der Waals surface area contributed by atoms with Crippen LogP contribution in [0.3, 0.4) is 0 Å². The number of aliphatic hydroxyl groups is 1. The van der Waals surface area contributed by atoms with Crippen molar-refractivity contribution < 1.29 is 9.90 Å². The monoisotopic (exact) mass is 205 g/mol. The van der Waals surface area contributed by atoms with Crippen molar-refractivity contribution in [1.82, 2.24) is 5.32 Å². The quantitative estimate of drug-likeness (QED) is 0.772. The lowest BCUT2D eigenvalue weighted by molar-refractivity contribution is -0.130. The number of carbonyl (C=O) groups is 1. The number of benzene rings is 1. The minimum atomic E-state index is -0.811. The van der Waals surface area contributed by atoms with Crippen LogP contribution in [0.15, 0.2) is 30.3 Å². The van der Waals surface area contributed by atoms with Crippen molar-refractivity contribution in [3.63, 3.8) is 0 Å². The predicted molar refractivity (Wildman–Crippen MR) is 57.0 cm³/mol. The second kappa shape index (κ2) is 4.45. The average molecular weight is 205 g/mol. The molecule has 2 N–H and O–H groups in total. The van der Waals surface area contributed by atoms with Gasteiger partial charge in [-0.05, 0) is 24.3 Å². The van der Waals surface area contributed by atoms with Gasteiger partial charge in [0.05, 0.1) is 0 Å². The van der Waals surface area contributed by atoms with Gasteiger partial charge in [-0.2, -0.15) is 0 Å². The van der Waals surface area contributed by atoms with Crippen molar-refractivity contribution >= 4 is 5.91 Å². The van der Waals surface area contributed by atoms with Crippen LogP contribution in [0.1, 0.15) is 18.4 Å². The molecule has 0 spiro atoms. The highest BCUT2D eigenvalue weighted by atomic mass is 16.3. The molecule has 3 heteroatoms. The SMILES string of the molecule is O=C(NCc1ccccc1)C(O)C1CC1. The van der Waals surface area contributed by atoms with Crippen LogP contribution < -0.4 is 5.32 Å². The van der Waals surface area contributed by atoms with Gasteiger partial charge in [-0.15, -0.1) is 0 Å². The van der Waals surface area contributed by atoms with E-state index < -0.39 is 6.10 Å². The topological polar surface area (TPSA) is 49.3 Å². The van der Waals surface area contributed by atoms with Crippen molar-refractivity contribution in [1.29, 1.82) is 0 Å². The Labute approximate surface area is 89.1 Å². The molecule has 2 rings (SSSR count). The molecule has 0 heterocycles. The number of hydrogen-bond donors (Lipinski definition) is 2. The van der Waals surface area contributed by atoms with E-state index in [-0.39, 0.29) is 11.8 Å². The highest BCUT2D eigenvalue weighted by Crippen LogP contribution is 2.32. The number of carbonyl (C=O) groups excluding carboxylic acids is 1. The van der Waals surface area contributed by atoms with E-state index in [0.717, 1.165) is 18.4 Å². The fourth-order valence-electron chi connectivity index (χ4n) is 1.52. The van der Waals surface area contributed by atoms with E-state index in [1.165, 1.54) is 0 Å². The molecule has 1 aromatic carbocycles. The largest absolute Gasteiger partial charge is 0.383 e. The molecule has 1 aromatic rings. The highest BCUT2D eigenvalue weighted by molar-refractivity contribution is 5.81. The Morgan fingerprint density at radius 3 is 2.67 bits per heavy atom. The summed E-state index contributed by atoms with van der Waals surface area (Å²) in [6.07, 6.45) is 1.13. The van der Waals surface area contributed by atoms with Crippen molar-refractivity contribution in [2.24, 2.45) is 5.92 Å². The molecule has 1 aliphatic rings. The van der Waals surface area contributed by atoms with Gasteiger partial charge in [-0.1, -0.05) is 30.3 Å². The van der Waals surface area contributed by atoms with Crippen LogP contribution in [-0.2, 0) is 11.3 Å². The summed E-state index contributed by atoms with van der Waals surface area (Å²) < 4.78 is 0. The molecule has 0 bridgehead atoms. The second-order valence-electron chi connectivity index (χ2n) is 3.99. The lowest BCUT2D eigenvalue weighted by Gasteiger charge is -2.09. The molecular weight excluding hydrogens is 190 g/mol. The van der Waals surface area contributed by atoms with Crippen LogP contribution in [0.4, 0.5) is 0 Å². The summed E-state index contributed by atoms with van der Waals surface area (Å²) in [6, 6.07) is 9.69. The average Bonchev–Trinajstić information content (AvgIpc) is 3.10. The highest BCUT2D eigenvalue weighted by Gasteiger charge is 2.34. The zero-order valence-electron chi connectivity index (χ0n) is 8.52. The minimum Gasteiger partial charge on any atom is -0.383 e. The fraction of sp³-hybridized carbons (Fsp3) is 0.417. The molecule has 1 aliphatic carbocycles. The summed E-state index contributed by atoms with van der Waals surface area (Å²) in [7, 11) is 0. The summed E-state index contributed by atoms with van der Waals surface area (Å²) in [5.41, 5.74) is 1.05. The molecular formula is C12H15NO2. The lowest BCUT2D eigenvalue weighted by atomic mass is 10.2. The summed E-state index contributed by atoms with van der Waals surface area (Å²) in [5, 5.41) is 12.3. The maximum atomic E-state index is 11.4. The standard InChI is InChI=1S/C12H15NO2/c14-11(10-6-7-10)12(15)13-8-9-4-2-1-3-5-9/h1-5,10-11,14H,6-8H2,(H,13,15). The second-order valence-corrected chi connectivity index (χ2v) is 3.99. The number of amides is 1. The maximum absolute atomic E-state index is 11.4. The first-order chi connectivity index (χ1) is 7.27. The Hall–Kier alpha value is -1.35. The Kier molecular flexibility index (Phi) is 3.02. The predicted octanol–water partition coefficient (Wildman–Crippen LogP) is 1.07. The van der Waals surface area contributed by atoms with E-state index in [2.05, 4.69) is 5.32 Å². The van der Waals surface area contributed by atoms with Gasteiger partial charge in [0.2, 0.25) is 5.91 Å². The summed E-state index contributed by atoms with van der Waals surface area (Å²) >= 11 is 0. The maximum Gasteiger partial charge on any atom is 0.249 e. The van der Waals surface area contributed by atoms with Gasteiger partial charge in [0.15, 0.2) is 0 Å². The number of aliphatic hydroxyl groups excluding tert-OH is 1. The normalized spacial score (nSPS) is 17.1. The lowest BCUT2D eigenvalue weighted by Crippen LogP contribution is -2.35. The Morgan fingerprint density at radius 1 is 1.40 bits per heavy atom. The van der Waals surface area contributed by atoms with Crippen LogP contribution in [0.2, 0.25) is 0 Å². The van der Waals surface area contributed by atoms with E-state index in [0.29, 0.717) is 6.54 Å². The molecule has 0 saturated heterocycles. The van der Waals surface area contributed by atoms with Crippen molar-refractivity contribution in [2.75, 3.05) is 0 Å². The van der Waals surface area contributed by atoms with Crippen LogP contribution >= 0.6 is 0 Å². The zero-order valence-corrected chi connectivity index (χ0v) is 8.52. The molecule has 1 unspecified atom stereocenters. The third-order valence-corrected chi connectivity index (χ3v) is 2.65. The van der Waals surface area contributed by atoms with Gasteiger partial charge in [-0.25, -0.2) is 0 Å². The molecule has 0 aromatic heterocycles. The number of hydrogen-bond acceptors (Lipinski definition) is 2. The van der Waals surface area contributed by atoms with Crippen LogP contribution in [0.5, 0.6) is 0 Å². The molecule has 80 valence electrons. The molecule has 0 radical (unpaired) electrons. The van der Waals surface area contributed by atoms with Gasteiger partial charge in [0, 0.05) is 6.54 Å². The van der Waals surface area contributed by atoms with E-state index >= 15 is 0 Å². The third-order valence-electron chi connectivity index (χ3n) is 2.65. The molecule has 1 fully saturated rings. The number of nitrogens with one attached hydrogen (secondary N) is 1. The van der Waals surface area contributed by atoms with Crippen molar-refractivity contribution in [3.8, 4) is 0 Å². The van der Waals surface area contributed by atoms with Gasteiger partial charge >= 0.3 is 0 Å². The molecule has 1 atom stereocenters. The van der Waals surface area contributed by atoms with E-state index in [9.17, 15) is 9.90 Å². The smallest absolute Gasteiger partial charge is 0.249 e. The fourth-order valence-corrected chi connectivity index (χ4v) is 1.52. The summed E-state index contributed by atoms with van der Waals surface area (Å²) in [5.74, 6) is -0.0536. The van der Waals surface area contributed by atoms with Crippen molar-refractivity contribution in [3.05, 3.63) is 35.9 Å². The first-order valence-corrected chi connectivity index (χ1v) is 5.27. The summed E-state index contributed by atoms with van der Waals surface area (Å²) in [6.45, 7) is 0.490. The summed E-state index contributed by atoms with van der Waals surface area (Å²) in [4.78, 5) is 11.4. The molecule has 15 heavy (non-hydrogen) atoms. The van der Waals surface area contributed by atoms with Crippen LogP contribution in [0.25, 0.3) is 0 Å². The molecule has 3 nitrogen and oxygen atoms in total. The molecule has 1 amide bonds. The van der Waals surface area contributed by atoms with Gasteiger partial charge in [0.25, 0.3) is 0 Å². The van der Waals surface area contributed by atoms with E-state index in [4.69, 9.17) is 0 Å². The van der Waals surface area contributed by atoms with Gasteiger partial charge < -0.3 is 10.4 Å². The van der Waals surface area contributed by atoms with Crippen molar-refractivity contribution in [2.45, 2.75) is 25.5 Å². The molecule has 1 saturated carbocycles. The van der Waals surface area contributed by atoms with E-state index in [1.807, 2.05) is 30.3 Å². The Morgan fingerprint density at radius 2 is 2.07 bits per heavy atom. The van der Waals surface area contributed by atoms with Gasteiger partial charge in [0.1, 0.15) is 6.10 Å². The Bertz CT molecular complexity index is 333. The Balaban J connectivity index is 1.80. The minimum absolute atomic E-state index is 0.195. The van der Waals surface area contributed by atoms with Crippen LogP contribution in [0, 0.1) is 5.92 Å². The first-order valence-electron chi connectivity index (χ1n) is 5.27.